The Labute approximate surface area is 186 Å². The number of hydrogen-bond acceptors (Lipinski definition) is 7. The molecule has 4 N–H and O–H groups in total. The van der Waals surface area contributed by atoms with Crippen LogP contribution in [0.15, 0.2) is 30.5 Å². The number of ether oxygens (including phenoxy) is 1. The quantitative estimate of drug-likeness (QED) is 0.566. The molecule has 10 nitrogen and oxygen atoms in total. The molecule has 176 valence electrons. The lowest BCUT2D eigenvalue weighted by atomic mass is 9.94. The smallest absolute Gasteiger partial charge is 0.410 e. The Bertz CT molecular complexity index is 1050. The number of nitrogens with one attached hydrogen (secondary N) is 1. The molecule has 1 fully saturated rings. The van der Waals surface area contributed by atoms with Gasteiger partial charge in [-0.1, -0.05) is 0 Å². The van der Waals surface area contributed by atoms with Crippen LogP contribution in [0.1, 0.15) is 22.8 Å². The summed E-state index contributed by atoms with van der Waals surface area (Å²) >= 11 is 0. The zero-order chi connectivity index (χ0) is 24.2. The number of halogens is 3. The van der Waals surface area contributed by atoms with Crippen molar-refractivity contribution in [2.24, 2.45) is 11.7 Å². The van der Waals surface area contributed by atoms with E-state index in [2.05, 4.69) is 21.2 Å². The molecule has 0 spiro atoms. The Morgan fingerprint density at radius 1 is 1.36 bits per heavy atom. The second-order valence-electron chi connectivity index (χ2n) is 7.47. The summed E-state index contributed by atoms with van der Waals surface area (Å²) in [5, 5.41) is 25.4. The molecule has 1 aliphatic heterocycles. The first-order valence-electron chi connectivity index (χ1n) is 9.85. The van der Waals surface area contributed by atoms with Gasteiger partial charge in [-0.05, 0) is 30.7 Å². The number of carbonyl (C=O) groups is 2. The number of primary amides is 1. The summed E-state index contributed by atoms with van der Waals surface area (Å²) in [5.41, 5.74) is 5.94. The van der Waals surface area contributed by atoms with Gasteiger partial charge in [-0.15, -0.1) is 0 Å². The number of piperidine rings is 1. The van der Waals surface area contributed by atoms with Crippen LogP contribution >= 0.6 is 0 Å². The van der Waals surface area contributed by atoms with Crippen molar-refractivity contribution >= 4 is 23.5 Å². The fraction of sp³-hybridized carbons (Fsp3) is 0.400. The van der Waals surface area contributed by atoms with Gasteiger partial charge in [0.05, 0.1) is 18.0 Å². The molecule has 0 aliphatic carbocycles. The molecular weight excluding hydrogens is 445 g/mol. The highest BCUT2D eigenvalue weighted by Crippen LogP contribution is 2.30. The number of carbonyl (C=O) groups excluding carboxylic acids is 2. The van der Waals surface area contributed by atoms with Gasteiger partial charge >= 0.3 is 12.0 Å². The van der Waals surface area contributed by atoms with Gasteiger partial charge in [0.25, 0.3) is 5.91 Å². The van der Waals surface area contributed by atoms with Crippen molar-refractivity contribution in [3.63, 3.8) is 0 Å². The number of nitriles is 1. The van der Waals surface area contributed by atoms with E-state index < -0.39 is 48.9 Å². The zero-order valence-corrected chi connectivity index (χ0v) is 17.2. The minimum Gasteiger partial charge on any atom is -0.443 e. The van der Waals surface area contributed by atoms with Crippen molar-refractivity contribution in [2.45, 2.75) is 18.4 Å². The number of aliphatic hydroxyl groups is 1. The second kappa shape index (κ2) is 9.78. The summed E-state index contributed by atoms with van der Waals surface area (Å²) in [5.74, 6) is -5.45. The van der Waals surface area contributed by atoms with E-state index in [1.54, 1.807) is 0 Å². The van der Waals surface area contributed by atoms with Gasteiger partial charge < -0.3 is 25.8 Å². The van der Waals surface area contributed by atoms with Crippen LogP contribution in [0.2, 0.25) is 0 Å². The molecule has 2 amide bonds. The number of aliphatic hydroxyl groups excluding tert-OH is 1. The monoisotopic (exact) mass is 466 g/mol. The molecule has 33 heavy (non-hydrogen) atoms. The van der Waals surface area contributed by atoms with Crippen LogP contribution in [0, 0.1) is 23.1 Å². The van der Waals surface area contributed by atoms with Crippen molar-refractivity contribution < 1.29 is 32.6 Å². The van der Waals surface area contributed by atoms with E-state index in [1.165, 1.54) is 35.1 Å². The van der Waals surface area contributed by atoms with Crippen LogP contribution in [0.4, 0.5) is 29.5 Å². The van der Waals surface area contributed by atoms with E-state index in [4.69, 9.17) is 10.8 Å². The lowest BCUT2D eigenvalue weighted by Gasteiger charge is -2.35. The van der Waals surface area contributed by atoms with Gasteiger partial charge in [-0.25, -0.2) is 18.0 Å². The van der Waals surface area contributed by atoms with Crippen LogP contribution < -0.4 is 11.1 Å². The second-order valence-corrected chi connectivity index (χ2v) is 7.47. The first-order valence-corrected chi connectivity index (χ1v) is 9.85. The maximum absolute atomic E-state index is 13.1. The Hall–Kier alpha value is -3.79. The molecule has 2 aromatic rings. The lowest BCUT2D eigenvalue weighted by molar-refractivity contribution is -0.0942. The SMILES string of the molecule is N#C[C@H]1CN(C(=O)OCC(F)(F)CO)CC[C@@H]1n1cc(C(N)=O)c(Nc2ccc(F)cc2)n1. The third kappa shape index (κ3) is 5.72. The highest BCUT2D eigenvalue weighted by atomic mass is 19.3. The summed E-state index contributed by atoms with van der Waals surface area (Å²) in [6.45, 7) is -2.77. The number of hydrogen-bond donors (Lipinski definition) is 3. The molecule has 1 saturated heterocycles. The Morgan fingerprint density at radius 2 is 2.06 bits per heavy atom. The number of nitrogens with zero attached hydrogens (tertiary/aromatic N) is 4. The minimum atomic E-state index is -3.56. The molecule has 1 aromatic heterocycles. The summed E-state index contributed by atoms with van der Waals surface area (Å²) in [7, 11) is 0. The van der Waals surface area contributed by atoms with Crippen molar-refractivity contribution in [1.82, 2.24) is 14.7 Å². The lowest BCUT2D eigenvalue weighted by Crippen LogP contribution is -2.45. The number of amides is 2. The molecule has 0 unspecified atom stereocenters. The Balaban J connectivity index is 1.74. The normalized spacial score (nSPS) is 18.5. The van der Waals surface area contributed by atoms with Crippen molar-refractivity contribution in [2.75, 3.05) is 31.6 Å². The fourth-order valence-electron chi connectivity index (χ4n) is 3.36. The van der Waals surface area contributed by atoms with Gasteiger partial charge in [-0.3, -0.25) is 9.48 Å². The summed E-state index contributed by atoms with van der Waals surface area (Å²) < 4.78 is 45.3. The van der Waals surface area contributed by atoms with Crippen LogP contribution in [-0.4, -0.2) is 64.0 Å². The highest BCUT2D eigenvalue weighted by molar-refractivity contribution is 5.98. The first-order chi connectivity index (χ1) is 15.6. The van der Waals surface area contributed by atoms with E-state index in [0.717, 1.165) is 4.90 Å². The molecule has 1 aliphatic rings. The Kier molecular flexibility index (Phi) is 7.07. The van der Waals surface area contributed by atoms with E-state index in [9.17, 15) is 28.0 Å². The highest BCUT2D eigenvalue weighted by Gasteiger charge is 2.36. The molecule has 3 rings (SSSR count). The van der Waals surface area contributed by atoms with Gasteiger partial charge in [0.15, 0.2) is 12.4 Å². The average molecular weight is 466 g/mol. The summed E-state index contributed by atoms with van der Waals surface area (Å²) in [6.07, 6.45) is 0.567. The molecular formula is C20H21F3N6O4. The predicted octanol–water partition coefficient (Wildman–Crippen LogP) is 2.02. The van der Waals surface area contributed by atoms with Gasteiger partial charge in [0, 0.05) is 25.0 Å². The minimum absolute atomic E-state index is 0.0455. The maximum Gasteiger partial charge on any atom is 0.410 e. The molecule has 13 heteroatoms. The Morgan fingerprint density at radius 3 is 2.67 bits per heavy atom. The third-order valence-electron chi connectivity index (χ3n) is 5.08. The van der Waals surface area contributed by atoms with Crippen molar-refractivity contribution in [1.29, 1.82) is 5.26 Å². The van der Waals surface area contributed by atoms with E-state index in [0.29, 0.717) is 5.69 Å². The third-order valence-corrected chi connectivity index (χ3v) is 5.08. The number of anilines is 2. The molecule has 2 atom stereocenters. The van der Waals surface area contributed by atoms with Crippen molar-refractivity contribution in [3.8, 4) is 6.07 Å². The fourth-order valence-corrected chi connectivity index (χ4v) is 3.36. The van der Waals surface area contributed by atoms with Crippen LogP contribution in [0.3, 0.4) is 0 Å². The van der Waals surface area contributed by atoms with Crippen molar-refractivity contribution in [3.05, 3.63) is 41.8 Å². The largest absolute Gasteiger partial charge is 0.443 e. The van der Waals surface area contributed by atoms with E-state index in [1.807, 2.05) is 0 Å². The standard InChI is InChI=1S/C20H21F3N6O4/c21-13-1-3-14(4-2-13)26-18-15(17(25)31)9-29(27-18)16-5-6-28(8-12(16)7-24)19(32)33-11-20(22,23)10-30/h1-4,9,12,16,30H,5-6,8,10-11H2,(H2,25,31)(H,26,27)/t12-,16-/m0/s1. The van der Waals surface area contributed by atoms with Crippen LogP contribution in [0.5, 0.6) is 0 Å². The maximum atomic E-state index is 13.1. The number of benzene rings is 1. The average Bonchev–Trinajstić information content (AvgIpc) is 3.22. The molecule has 1 aromatic carbocycles. The summed E-state index contributed by atoms with van der Waals surface area (Å²) in [4.78, 5) is 25.1. The molecule has 0 bridgehead atoms. The topological polar surface area (TPSA) is 146 Å². The van der Waals surface area contributed by atoms with Crippen LogP contribution in [0.25, 0.3) is 0 Å². The van der Waals surface area contributed by atoms with Gasteiger partial charge in [-0.2, -0.15) is 10.4 Å². The number of rotatable bonds is 7. The zero-order valence-electron chi connectivity index (χ0n) is 17.2. The molecule has 0 saturated carbocycles. The number of alkyl halides is 2. The van der Waals surface area contributed by atoms with Gasteiger partial charge in [0.1, 0.15) is 18.0 Å². The van der Waals surface area contributed by atoms with E-state index in [-0.39, 0.29) is 30.9 Å². The van der Waals surface area contributed by atoms with Gasteiger partial charge in [0.2, 0.25) is 0 Å². The summed E-state index contributed by atoms with van der Waals surface area (Å²) in [6, 6.07) is 6.85. The number of nitrogens with two attached hydrogens (primary N) is 1. The molecule has 0 radical (unpaired) electrons. The number of likely N-dealkylation sites (tertiary alicyclic amines) is 1. The predicted molar refractivity (Wildman–Crippen MR) is 108 cm³/mol. The first kappa shape index (κ1) is 23.9. The van der Waals surface area contributed by atoms with Crippen LogP contribution in [-0.2, 0) is 4.74 Å². The van der Waals surface area contributed by atoms with E-state index >= 15 is 0 Å². The number of aromatic nitrogens is 2. The molecule has 2 heterocycles.